The van der Waals surface area contributed by atoms with Crippen LogP contribution >= 0.6 is 0 Å². The zero-order valence-electron chi connectivity index (χ0n) is 12.2. The van der Waals surface area contributed by atoms with Crippen LogP contribution in [-0.4, -0.2) is 60.4 Å². The minimum atomic E-state index is -0.332. The van der Waals surface area contributed by atoms with Gasteiger partial charge in [-0.05, 0) is 32.4 Å². The van der Waals surface area contributed by atoms with Gasteiger partial charge >= 0.3 is 0 Å². The van der Waals surface area contributed by atoms with Crippen molar-refractivity contribution < 1.29 is 9.59 Å². The van der Waals surface area contributed by atoms with E-state index >= 15 is 0 Å². The van der Waals surface area contributed by atoms with Crippen LogP contribution in [0.15, 0.2) is 0 Å². The highest BCUT2D eigenvalue weighted by atomic mass is 16.2. The van der Waals surface area contributed by atoms with E-state index < -0.39 is 0 Å². The summed E-state index contributed by atoms with van der Waals surface area (Å²) in [5, 5.41) is 2.83. The summed E-state index contributed by atoms with van der Waals surface area (Å²) in [5.41, 5.74) is 0. The molecule has 5 nitrogen and oxygen atoms in total. The molecule has 2 heterocycles. The molecule has 0 aromatic heterocycles. The maximum atomic E-state index is 12.5. The molecule has 0 spiro atoms. The maximum absolute atomic E-state index is 12.5. The van der Waals surface area contributed by atoms with Crippen LogP contribution in [0.5, 0.6) is 0 Å². The van der Waals surface area contributed by atoms with E-state index in [-0.39, 0.29) is 23.9 Å². The van der Waals surface area contributed by atoms with Gasteiger partial charge in [0.1, 0.15) is 6.04 Å². The van der Waals surface area contributed by atoms with Gasteiger partial charge in [0.2, 0.25) is 11.8 Å². The average molecular weight is 267 g/mol. The first kappa shape index (κ1) is 14.3. The van der Waals surface area contributed by atoms with Gasteiger partial charge in [-0.2, -0.15) is 0 Å². The van der Waals surface area contributed by atoms with Crippen LogP contribution in [-0.2, 0) is 9.59 Å². The summed E-state index contributed by atoms with van der Waals surface area (Å²) in [5.74, 6) is 0.575. The van der Waals surface area contributed by atoms with E-state index in [2.05, 4.69) is 24.2 Å². The Morgan fingerprint density at radius 1 is 1.32 bits per heavy atom. The van der Waals surface area contributed by atoms with E-state index in [1.54, 1.807) is 0 Å². The second-order valence-corrected chi connectivity index (χ2v) is 5.91. The molecule has 5 heteroatoms. The van der Waals surface area contributed by atoms with Gasteiger partial charge in [-0.15, -0.1) is 0 Å². The number of amides is 2. The van der Waals surface area contributed by atoms with Crippen molar-refractivity contribution in [3.05, 3.63) is 0 Å². The van der Waals surface area contributed by atoms with E-state index in [1.807, 2.05) is 11.8 Å². The van der Waals surface area contributed by atoms with Crippen LogP contribution in [0.3, 0.4) is 0 Å². The molecule has 0 radical (unpaired) electrons. The Balaban J connectivity index is 2.13. The SMILES string of the molecule is CCC1NC(=O)CCN(C2CCN(C)CC2C)C1=O. The molecule has 108 valence electrons. The van der Waals surface area contributed by atoms with E-state index in [4.69, 9.17) is 0 Å². The van der Waals surface area contributed by atoms with Gasteiger partial charge in [0.15, 0.2) is 0 Å². The zero-order valence-corrected chi connectivity index (χ0v) is 12.2. The topological polar surface area (TPSA) is 52.7 Å². The number of piperidine rings is 1. The van der Waals surface area contributed by atoms with Crippen LogP contribution in [0.2, 0.25) is 0 Å². The number of likely N-dealkylation sites (tertiary alicyclic amines) is 1. The first-order valence-electron chi connectivity index (χ1n) is 7.31. The highest BCUT2D eigenvalue weighted by molar-refractivity contribution is 5.90. The van der Waals surface area contributed by atoms with E-state index in [0.29, 0.717) is 25.3 Å². The molecular weight excluding hydrogens is 242 g/mol. The van der Waals surface area contributed by atoms with Gasteiger partial charge in [0.05, 0.1) is 0 Å². The van der Waals surface area contributed by atoms with Gasteiger partial charge in [-0.1, -0.05) is 13.8 Å². The number of hydrogen-bond acceptors (Lipinski definition) is 3. The molecule has 2 aliphatic heterocycles. The highest BCUT2D eigenvalue weighted by Gasteiger charge is 2.36. The standard InChI is InChI=1S/C14H25N3O2/c1-4-11-14(19)17(8-6-13(18)15-11)12-5-7-16(3)9-10(12)2/h10-12H,4-9H2,1-3H3,(H,15,18). The Kier molecular flexibility index (Phi) is 4.45. The predicted molar refractivity (Wildman–Crippen MR) is 73.6 cm³/mol. The number of rotatable bonds is 2. The Bertz CT molecular complexity index is 359. The van der Waals surface area contributed by atoms with Gasteiger partial charge in [-0.25, -0.2) is 0 Å². The minimum Gasteiger partial charge on any atom is -0.344 e. The summed E-state index contributed by atoms with van der Waals surface area (Å²) in [7, 11) is 2.12. The van der Waals surface area contributed by atoms with Crippen LogP contribution in [0.4, 0.5) is 0 Å². The third kappa shape index (κ3) is 3.08. The fourth-order valence-corrected chi connectivity index (χ4v) is 3.27. The Labute approximate surface area is 115 Å². The molecule has 3 unspecified atom stereocenters. The number of nitrogens with zero attached hydrogens (tertiary/aromatic N) is 2. The Morgan fingerprint density at radius 3 is 2.68 bits per heavy atom. The Hall–Kier alpha value is -1.10. The summed E-state index contributed by atoms with van der Waals surface area (Å²) < 4.78 is 0. The fourth-order valence-electron chi connectivity index (χ4n) is 3.27. The summed E-state index contributed by atoms with van der Waals surface area (Å²) in [6, 6.07) is -0.0488. The molecule has 1 N–H and O–H groups in total. The van der Waals surface area contributed by atoms with Crippen LogP contribution in [0.1, 0.15) is 33.1 Å². The van der Waals surface area contributed by atoms with Gasteiger partial charge in [0.25, 0.3) is 0 Å². The molecule has 0 bridgehead atoms. The molecule has 2 amide bonds. The minimum absolute atomic E-state index is 0.00304. The molecule has 3 atom stereocenters. The molecule has 0 aliphatic carbocycles. The first-order chi connectivity index (χ1) is 9.02. The third-order valence-corrected chi connectivity index (χ3v) is 4.37. The predicted octanol–water partition coefficient (Wildman–Crippen LogP) is 0.454. The molecule has 0 saturated carbocycles. The molecule has 2 aliphatic rings. The maximum Gasteiger partial charge on any atom is 0.245 e. The molecule has 2 rings (SSSR count). The first-order valence-corrected chi connectivity index (χ1v) is 7.31. The second kappa shape index (κ2) is 5.90. The summed E-state index contributed by atoms with van der Waals surface area (Å²) >= 11 is 0. The van der Waals surface area contributed by atoms with E-state index in [0.717, 1.165) is 19.5 Å². The third-order valence-electron chi connectivity index (χ3n) is 4.37. The van der Waals surface area contributed by atoms with Crippen molar-refractivity contribution in [3.63, 3.8) is 0 Å². The van der Waals surface area contributed by atoms with Gasteiger partial charge in [-0.3, -0.25) is 9.59 Å². The van der Waals surface area contributed by atoms with Crippen molar-refractivity contribution in [2.45, 2.75) is 45.2 Å². The fraction of sp³-hybridized carbons (Fsp3) is 0.857. The average Bonchev–Trinajstić information content (AvgIpc) is 2.50. The lowest BCUT2D eigenvalue weighted by molar-refractivity contribution is -0.137. The molecule has 0 aromatic rings. The van der Waals surface area contributed by atoms with E-state index in [1.165, 1.54) is 0 Å². The van der Waals surface area contributed by atoms with Crippen molar-refractivity contribution >= 4 is 11.8 Å². The summed E-state index contributed by atoms with van der Waals surface area (Å²) in [6.07, 6.45) is 2.11. The molecule has 0 aromatic carbocycles. The van der Waals surface area contributed by atoms with Crippen LogP contribution < -0.4 is 5.32 Å². The summed E-state index contributed by atoms with van der Waals surface area (Å²) in [6.45, 7) is 6.77. The van der Waals surface area contributed by atoms with Crippen molar-refractivity contribution in [1.82, 2.24) is 15.1 Å². The lowest BCUT2D eigenvalue weighted by atomic mass is 9.92. The number of nitrogens with one attached hydrogen (secondary N) is 1. The normalized spacial score (nSPS) is 34.1. The smallest absolute Gasteiger partial charge is 0.245 e. The number of hydrogen-bond donors (Lipinski definition) is 1. The van der Waals surface area contributed by atoms with Gasteiger partial charge in [0, 0.05) is 25.6 Å². The monoisotopic (exact) mass is 267 g/mol. The zero-order chi connectivity index (χ0) is 14.0. The number of carbonyl (C=O) groups excluding carboxylic acids is 2. The largest absolute Gasteiger partial charge is 0.344 e. The van der Waals surface area contributed by atoms with Crippen LogP contribution in [0.25, 0.3) is 0 Å². The van der Waals surface area contributed by atoms with Crippen LogP contribution in [0, 0.1) is 5.92 Å². The molecule has 2 fully saturated rings. The van der Waals surface area contributed by atoms with Crippen molar-refractivity contribution in [2.24, 2.45) is 5.92 Å². The van der Waals surface area contributed by atoms with Gasteiger partial charge < -0.3 is 15.1 Å². The second-order valence-electron chi connectivity index (χ2n) is 5.91. The highest BCUT2D eigenvalue weighted by Crippen LogP contribution is 2.23. The van der Waals surface area contributed by atoms with Crippen molar-refractivity contribution in [2.75, 3.05) is 26.7 Å². The molecule has 19 heavy (non-hydrogen) atoms. The quantitative estimate of drug-likeness (QED) is 0.790. The van der Waals surface area contributed by atoms with Crippen molar-refractivity contribution in [3.8, 4) is 0 Å². The van der Waals surface area contributed by atoms with Crippen molar-refractivity contribution in [1.29, 1.82) is 0 Å². The molecule has 2 saturated heterocycles. The van der Waals surface area contributed by atoms with E-state index in [9.17, 15) is 9.59 Å². The number of carbonyl (C=O) groups is 2. The Morgan fingerprint density at radius 2 is 2.05 bits per heavy atom. The molecular formula is C14H25N3O2. The lowest BCUT2D eigenvalue weighted by Gasteiger charge is -2.41. The lowest BCUT2D eigenvalue weighted by Crippen LogP contribution is -2.54. The summed E-state index contributed by atoms with van der Waals surface area (Å²) in [4.78, 5) is 28.5.